The molecule has 2 aliphatic heterocycles. The number of carbonyl (C=O) groups excluding carboxylic acids is 5. The lowest BCUT2D eigenvalue weighted by molar-refractivity contribution is -0.239. The van der Waals surface area contributed by atoms with E-state index in [0.717, 1.165) is 6.92 Å². The Morgan fingerprint density at radius 1 is 1.14 bits per heavy atom. The van der Waals surface area contributed by atoms with Gasteiger partial charge in [0.25, 0.3) is 0 Å². The lowest BCUT2D eigenvalue weighted by Gasteiger charge is -2.56. The van der Waals surface area contributed by atoms with Gasteiger partial charge in [0.2, 0.25) is 0 Å². The van der Waals surface area contributed by atoms with Crippen molar-refractivity contribution in [2.75, 3.05) is 13.2 Å². The molecule has 4 rings (SSSR count). The van der Waals surface area contributed by atoms with Gasteiger partial charge >= 0.3 is 29.8 Å². The van der Waals surface area contributed by atoms with Crippen molar-refractivity contribution in [3.05, 3.63) is 24.3 Å². The number of esters is 5. The molecule has 244 valence electrons. The van der Waals surface area contributed by atoms with Crippen LogP contribution in [0, 0.1) is 23.2 Å². The van der Waals surface area contributed by atoms with Crippen LogP contribution in [0.3, 0.4) is 0 Å². The Morgan fingerprint density at radius 2 is 1.77 bits per heavy atom. The van der Waals surface area contributed by atoms with Gasteiger partial charge in [-0.05, 0) is 37.3 Å². The van der Waals surface area contributed by atoms with E-state index in [-0.39, 0.29) is 30.9 Å². The molecule has 44 heavy (non-hydrogen) atoms. The van der Waals surface area contributed by atoms with Crippen molar-refractivity contribution in [1.82, 2.24) is 0 Å². The molecule has 0 aromatic rings. The number of halogens is 1. The van der Waals surface area contributed by atoms with Crippen LogP contribution in [0.15, 0.2) is 24.3 Å². The van der Waals surface area contributed by atoms with Crippen molar-refractivity contribution in [1.29, 1.82) is 0 Å². The van der Waals surface area contributed by atoms with Crippen molar-refractivity contribution >= 4 is 41.4 Å². The van der Waals surface area contributed by atoms with Gasteiger partial charge in [-0.15, -0.1) is 11.6 Å². The maximum absolute atomic E-state index is 13.2. The van der Waals surface area contributed by atoms with Crippen LogP contribution in [-0.2, 0) is 52.4 Å². The Morgan fingerprint density at radius 3 is 2.34 bits per heavy atom. The molecule has 0 radical (unpaired) electrons. The molecule has 4 aliphatic rings. The quantitative estimate of drug-likeness (QED) is 0.187. The number of fused-ring (bicyclic) bond motifs is 3. The molecule has 13 heteroatoms. The standard InChI is InChI=1S/C31H41ClO12/c1-15(2)12-22(35)39-13-23(36)43-20-9-8-16(3)24(32)26-31(38,17(4)28(37)44-26)27(42-19(6)34)25-29(20,7)21(41-18(5)33)10-11-30(25)14-40-30/h8-9,15,17,20-21,24-27,38H,3,10-14H2,1-2,4-7H3. The minimum absolute atomic E-state index is 0.0112. The third-order valence-electron chi connectivity index (χ3n) is 9.28. The molecule has 1 saturated carbocycles. The molecule has 2 saturated heterocycles. The smallest absolute Gasteiger partial charge is 0.344 e. The maximum atomic E-state index is 13.2. The van der Waals surface area contributed by atoms with Gasteiger partial charge in [0, 0.05) is 26.2 Å². The minimum Gasteiger partial charge on any atom is -0.462 e. The number of epoxide rings is 1. The number of ether oxygens (including phenoxy) is 6. The van der Waals surface area contributed by atoms with Crippen LogP contribution in [-0.4, -0.2) is 89.2 Å². The molecule has 0 amide bonds. The summed E-state index contributed by atoms with van der Waals surface area (Å²) in [6.07, 6.45) is -1.38. The second kappa shape index (κ2) is 12.4. The highest BCUT2D eigenvalue weighted by Crippen LogP contribution is 2.62. The third-order valence-corrected chi connectivity index (χ3v) is 9.79. The predicted molar refractivity (Wildman–Crippen MR) is 153 cm³/mol. The van der Waals surface area contributed by atoms with E-state index in [2.05, 4.69) is 6.58 Å². The van der Waals surface area contributed by atoms with Crippen molar-refractivity contribution in [3.63, 3.8) is 0 Å². The van der Waals surface area contributed by atoms with Crippen LogP contribution >= 0.6 is 11.6 Å². The summed E-state index contributed by atoms with van der Waals surface area (Å²) >= 11 is 6.77. The van der Waals surface area contributed by atoms with E-state index >= 15 is 0 Å². The lowest BCUT2D eigenvalue weighted by Crippen LogP contribution is -2.70. The van der Waals surface area contributed by atoms with Crippen LogP contribution in [0.1, 0.15) is 60.8 Å². The number of hydrogen-bond acceptors (Lipinski definition) is 12. The normalized spacial score (nSPS) is 39.5. The number of alkyl halides is 1. The fraction of sp³-hybridized carbons (Fsp3) is 0.710. The molecule has 3 fully saturated rings. The molecule has 12 nitrogen and oxygen atoms in total. The SMILES string of the molecule is C=C1C=CC(OC(=O)COC(=O)CC(C)C)C2(C)C(OC(C)=O)CCC3(CO3)C2C(OC(C)=O)C2(O)C(C)C(=O)OC2C1Cl. The second-order valence-electron chi connectivity index (χ2n) is 12.8. The van der Waals surface area contributed by atoms with E-state index in [4.69, 9.17) is 40.0 Å². The van der Waals surface area contributed by atoms with Gasteiger partial charge in [0.1, 0.15) is 18.3 Å². The molecule has 10 unspecified atom stereocenters. The summed E-state index contributed by atoms with van der Waals surface area (Å²) < 4.78 is 34.5. The monoisotopic (exact) mass is 640 g/mol. The molecule has 10 atom stereocenters. The molecule has 0 aromatic heterocycles. The average molecular weight is 641 g/mol. The largest absolute Gasteiger partial charge is 0.462 e. The number of allylic oxidation sites excluding steroid dienone is 1. The average Bonchev–Trinajstić information content (AvgIpc) is 3.66. The molecule has 0 bridgehead atoms. The molecule has 1 spiro atoms. The number of carbonyl (C=O) groups is 5. The highest BCUT2D eigenvalue weighted by Gasteiger charge is 2.75. The summed E-state index contributed by atoms with van der Waals surface area (Å²) in [4.78, 5) is 63.5. The van der Waals surface area contributed by atoms with Crippen molar-refractivity contribution in [3.8, 4) is 0 Å². The van der Waals surface area contributed by atoms with Gasteiger partial charge in [0.05, 0.1) is 28.9 Å². The van der Waals surface area contributed by atoms with Gasteiger partial charge in [-0.1, -0.05) is 33.4 Å². The van der Waals surface area contributed by atoms with Gasteiger partial charge in [-0.25, -0.2) is 4.79 Å². The van der Waals surface area contributed by atoms with E-state index in [1.807, 2.05) is 13.8 Å². The summed E-state index contributed by atoms with van der Waals surface area (Å²) in [6, 6.07) is 0. The highest BCUT2D eigenvalue weighted by molar-refractivity contribution is 6.23. The summed E-state index contributed by atoms with van der Waals surface area (Å²) in [5, 5.41) is 11.4. The number of rotatable bonds is 7. The van der Waals surface area contributed by atoms with Crippen molar-refractivity contribution < 1.29 is 57.5 Å². The molecule has 1 N–H and O–H groups in total. The number of hydrogen-bond donors (Lipinski definition) is 1. The van der Waals surface area contributed by atoms with E-state index in [1.54, 1.807) is 6.92 Å². The van der Waals surface area contributed by atoms with Crippen molar-refractivity contribution in [2.24, 2.45) is 23.2 Å². The molecule has 0 aromatic carbocycles. The first kappa shape index (κ1) is 33.9. The predicted octanol–water partition coefficient (Wildman–Crippen LogP) is 2.56. The topological polar surface area (TPSA) is 164 Å². The Hall–Kier alpha value is -2.96. The zero-order valence-corrected chi connectivity index (χ0v) is 26.6. The lowest BCUT2D eigenvalue weighted by atomic mass is 9.53. The zero-order chi connectivity index (χ0) is 32.8. The number of aliphatic hydroxyl groups is 1. The fourth-order valence-corrected chi connectivity index (χ4v) is 7.35. The van der Waals surface area contributed by atoms with Crippen LogP contribution in [0.4, 0.5) is 0 Å². The molecular weight excluding hydrogens is 600 g/mol. The van der Waals surface area contributed by atoms with Crippen molar-refractivity contribution in [2.45, 2.75) is 102 Å². The summed E-state index contributed by atoms with van der Waals surface area (Å²) in [5.74, 6) is -5.86. The Labute approximate surface area is 261 Å². The molecule has 2 aliphatic carbocycles. The summed E-state index contributed by atoms with van der Waals surface area (Å²) in [6.45, 7) is 12.7. The first-order valence-corrected chi connectivity index (χ1v) is 15.2. The van der Waals surface area contributed by atoms with Crippen LogP contribution < -0.4 is 0 Å². The van der Waals surface area contributed by atoms with Crippen LogP contribution in [0.25, 0.3) is 0 Å². The summed E-state index contributed by atoms with van der Waals surface area (Å²) in [5.41, 5.74) is -4.47. The van der Waals surface area contributed by atoms with E-state index in [0.29, 0.717) is 6.42 Å². The first-order valence-electron chi connectivity index (χ1n) is 14.7. The Bertz CT molecular complexity index is 1240. The van der Waals surface area contributed by atoms with Gasteiger partial charge in [0.15, 0.2) is 18.3 Å². The van der Waals surface area contributed by atoms with E-state index < -0.39 is 94.7 Å². The van der Waals surface area contributed by atoms with Gasteiger partial charge < -0.3 is 33.5 Å². The highest BCUT2D eigenvalue weighted by atomic mass is 35.5. The first-order chi connectivity index (χ1) is 20.5. The summed E-state index contributed by atoms with van der Waals surface area (Å²) in [7, 11) is 0. The zero-order valence-electron chi connectivity index (χ0n) is 25.8. The second-order valence-corrected chi connectivity index (χ2v) is 13.3. The Balaban J connectivity index is 1.90. The van der Waals surface area contributed by atoms with E-state index in [1.165, 1.54) is 26.0 Å². The molecular formula is C31H41ClO12. The minimum atomic E-state index is -2.20. The maximum Gasteiger partial charge on any atom is 0.344 e. The van der Waals surface area contributed by atoms with Gasteiger partial charge in [-0.2, -0.15) is 0 Å². The van der Waals surface area contributed by atoms with Crippen LogP contribution in [0.2, 0.25) is 0 Å². The Kier molecular flexibility index (Phi) is 9.59. The van der Waals surface area contributed by atoms with Crippen LogP contribution in [0.5, 0.6) is 0 Å². The van der Waals surface area contributed by atoms with E-state index in [9.17, 15) is 29.1 Å². The third kappa shape index (κ3) is 6.12. The molecule has 2 heterocycles. The fourth-order valence-electron chi connectivity index (χ4n) is 7.02. The van der Waals surface area contributed by atoms with Gasteiger partial charge in [-0.3, -0.25) is 19.2 Å².